The van der Waals surface area contributed by atoms with Crippen molar-refractivity contribution in [3.8, 4) is 17.2 Å². The Morgan fingerprint density at radius 2 is 1.96 bits per heavy atom. The van der Waals surface area contributed by atoms with Crippen molar-refractivity contribution in [1.82, 2.24) is 5.32 Å². The van der Waals surface area contributed by atoms with Crippen LogP contribution in [0.2, 0.25) is 0 Å². The summed E-state index contributed by atoms with van der Waals surface area (Å²) in [6.07, 6.45) is 4.58. The largest absolute Gasteiger partial charge is 0.489 e. The van der Waals surface area contributed by atoms with Gasteiger partial charge >= 0.3 is 0 Å². The van der Waals surface area contributed by atoms with Crippen molar-refractivity contribution >= 4 is 0 Å². The summed E-state index contributed by atoms with van der Waals surface area (Å²) in [5.41, 5.74) is 3.05. The van der Waals surface area contributed by atoms with Gasteiger partial charge in [-0.25, -0.2) is 0 Å². The van der Waals surface area contributed by atoms with E-state index in [0.717, 1.165) is 36.6 Å². The summed E-state index contributed by atoms with van der Waals surface area (Å²) < 4.78 is 17.3. The van der Waals surface area contributed by atoms with Crippen molar-refractivity contribution in [2.24, 2.45) is 0 Å². The van der Waals surface area contributed by atoms with Crippen LogP contribution in [0.1, 0.15) is 43.2 Å². The van der Waals surface area contributed by atoms with Gasteiger partial charge in [-0.3, -0.25) is 0 Å². The van der Waals surface area contributed by atoms with Crippen molar-refractivity contribution in [3.63, 3.8) is 0 Å². The minimum absolute atomic E-state index is 0.545. The average Bonchev–Trinajstić information content (AvgIpc) is 3.06. The molecule has 0 spiro atoms. The van der Waals surface area contributed by atoms with E-state index in [2.05, 4.69) is 36.5 Å². The standard InChI is InChI=1S/C23H29NO3/c1-2-7-19-18-9-4-3-8-17(18)16-20(19)24-12-6-13-25-21-10-5-11-22-23(21)27-15-14-26-22/h3-5,8-11,19-20,24H,2,6-7,12-16H2,1H3. The molecule has 0 amide bonds. The molecule has 2 aromatic rings. The number of hydrogen-bond acceptors (Lipinski definition) is 4. The Balaban J connectivity index is 1.26. The summed E-state index contributed by atoms with van der Waals surface area (Å²) in [5, 5.41) is 3.78. The number of fused-ring (bicyclic) bond motifs is 2. The van der Waals surface area contributed by atoms with Crippen LogP contribution in [-0.2, 0) is 6.42 Å². The molecule has 2 aromatic carbocycles. The van der Waals surface area contributed by atoms with Gasteiger partial charge in [-0.2, -0.15) is 0 Å². The highest BCUT2D eigenvalue weighted by atomic mass is 16.6. The first-order chi connectivity index (χ1) is 13.4. The van der Waals surface area contributed by atoms with Gasteiger partial charge in [0, 0.05) is 6.04 Å². The maximum atomic E-state index is 5.96. The van der Waals surface area contributed by atoms with Crippen LogP contribution in [0.25, 0.3) is 0 Å². The van der Waals surface area contributed by atoms with E-state index in [9.17, 15) is 0 Å². The number of rotatable bonds is 8. The molecule has 4 heteroatoms. The van der Waals surface area contributed by atoms with Gasteiger partial charge in [0.2, 0.25) is 5.75 Å². The SMILES string of the molecule is CCCC1c2ccccc2CC1NCCCOc1cccc2c1OCCO2. The number of ether oxygens (including phenoxy) is 3. The van der Waals surface area contributed by atoms with Crippen LogP contribution in [0.4, 0.5) is 0 Å². The third kappa shape index (κ3) is 4.06. The number of hydrogen-bond donors (Lipinski definition) is 1. The van der Waals surface area contributed by atoms with Crippen LogP contribution in [0, 0.1) is 0 Å². The van der Waals surface area contributed by atoms with Crippen LogP contribution >= 0.6 is 0 Å². The van der Waals surface area contributed by atoms with Crippen LogP contribution in [-0.4, -0.2) is 32.4 Å². The number of para-hydroxylation sites is 1. The Kier molecular flexibility index (Phi) is 5.83. The average molecular weight is 367 g/mol. The predicted molar refractivity (Wildman–Crippen MR) is 107 cm³/mol. The molecule has 0 radical (unpaired) electrons. The van der Waals surface area contributed by atoms with E-state index in [1.807, 2.05) is 18.2 Å². The summed E-state index contributed by atoms with van der Waals surface area (Å²) in [4.78, 5) is 0. The third-order valence-electron chi connectivity index (χ3n) is 5.50. The van der Waals surface area contributed by atoms with Crippen LogP contribution in [0.15, 0.2) is 42.5 Å². The lowest BCUT2D eigenvalue weighted by molar-refractivity contribution is 0.161. The van der Waals surface area contributed by atoms with Gasteiger partial charge in [0.1, 0.15) is 13.2 Å². The molecule has 1 heterocycles. The van der Waals surface area contributed by atoms with Gasteiger partial charge in [0.05, 0.1) is 6.61 Å². The van der Waals surface area contributed by atoms with Gasteiger partial charge in [-0.1, -0.05) is 43.7 Å². The molecular formula is C23H29NO3. The molecule has 0 aromatic heterocycles. The smallest absolute Gasteiger partial charge is 0.203 e. The predicted octanol–water partition coefficient (Wildman–Crippen LogP) is 4.32. The highest BCUT2D eigenvalue weighted by Crippen LogP contribution is 2.39. The molecule has 27 heavy (non-hydrogen) atoms. The zero-order valence-corrected chi connectivity index (χ0v) is 16.1. The van der Waals surface area contributed by atoms with Gasteiger partial charge in [-0.15, -0.1) is 0 Å². The third-order valence-corrected chi connectivity index (χ3v) is 5.50. The maximum absolute atomic E-state index is 5.96. The van der Waals surface area contributed by atoms with E-state index in [1.54, 1.807) is 5.56 Å². The topological polar surface area (TPSA) is 39.7 Å². The minimum atomic E-state index is 0.545. The van der Waals surface area contributed by atoms with E-state index in [4.69, 9.17) is 14.2 Å². The van der Waals surface area contributed by atoms with E-state index >= 15 is 0 Å². The molecule has 2 unspecified atom stereocenters. The Bertz CT molecular complexity index is 761. The molecule has 0 saturated carbocycles. The molecule has 144 valence electrons. The molecule has 1 aliphatic heterocycles. The zero-order chi connectivity index (χ0) is 18.5. The van der Waals surface area contributed by atoms with Crippen LogP contribution < -0.4 is 19.5 Å². The monoisotopic (exact) mass is 367 g/mol. The Morgan fingerprint density at radius 1 is 1.07 bits per heavy atom. The van der Waals surface area contributed by atoms with Crippen LogP contribution in [0.5, 0.6) is 17.2 Å². The summed E-state index contributed by atoms with van der Waals surface area (Å²) in [6, 6.07) is 15.3. The first-order valence-electron chi connectivity index (χ1n) is 10.2. The second-order valence-electron chi connectivity index (χ2n) is 7.34. The minimum Gasteiger partial charge on any atom is -0.489 e. The molecule has 4 rings (SSSR count). The molecule has 0 fully saturated rings. The van der Waals surface area contributed by atoms with E-state index in [0.29, 0.717) is 31.8 Å². The second kappa shape index (κ2) is 8.66. The normalized spacial score (nSPS) is 20.3. The molecule has 1 aliphatic carbocycles. The van der Waals surface area contributed by atoms with Gasteiger partial charge < -0.3 is 19.5 Å². The quantitative estimate of drug-likeness (QED) is 0.705. The van der Waals surface area contributed by atoms with Gasteiger partial charge in [-0.05, 0) is 55.0 Å². The lowest BCUT2D eigenvalue weighted by Crippen LogP contribution is -2.34. The van der Waals surface area contributed by atoms with Crippen molar-refractivity contribution in [1.29, 1.82) is 0 Å². The first kappa shape index (κ1) is 18.2. The number of nitrogens with one attached hydrogen (secondary N) is 1. The fraction of sp³-hybridized carbons (Fsp3) is 0.478. The van der Waals surface area contributed by atoms with E-state index in [-0.39, 0.29) is 0 Å². The highest BCUT2D eigenvalue weighted by molar-refractivity contribution is 5.51. The van der Waals surface area contributed by atoms with E-state index < -0.39 is 0 Å². The molecule has 0 saturated heterocycles. The summed E-state index contributed by atoms with van der Waals surface area (Å²) in [5.74, 6) is 2.94. The van der Waals surface area contributed by atoms with Gasteiger partial charge in [0.25, 0.3) is 0 Å². The molecule has 1 N–H and O–H groups in total. The summed E-state index contributed by atoms with van der Waals surface area (Å²) in [7, 11) is 0. The van der Waals surface area contributed by atoms with Crippen molar-refractivity contribution in [3.05, 3.63) is 53.6 Å². The van der Waals surface area contributed by atoms with Crippen molar-refractivity contribution < 1.29 is 14.2 Å². The lowest BCUT2D eigenvalue weighted by Gasteiger charge is -2.22. The van der Waals surface area contributed by atoms with Gasteiger partial charge in [0.15, 0.2) is 11.5 Å². The van der Waals surface area contributed by atoms with Crippen molar-refractivity contribution in [2.75, 3.05) is 26.4 Å². The molecule has 2 aliphatic rings. The Labute approximate surface area is 161 Å². The summed E-state index contributed by atoms with van der Waals surface area (Å²) in [6.45, 7) is 5.09. The fourth-order valence-corrected chi connectivity index (χ4v) is 4.26. The zero-order valence-electron chi connectivity index (χ0n) is 16.1. The lowest BCUT2D eigenvalue weighted by atomic mass is 9.93. The Hall–Kier alpha value is -2.20. The van der Waals surface area contributed by atoms with Crippen molar-refractivity contribution in [2.45, 2.75) is 44.6 Å². The van der Waals surface area contributed by atoms with Crippen LogP contribution in [0.3, 0.4) is 0 Å². The molecular weight excluding hydrogens is 338 g/mol. The second-order valence-corrected chi connectivity index (χ2v) is 7.34. The maximum Gasteiger partial charge on any atom is 0.203 e. The number of benzene rings is 2. The van der Waals surface area contributed by atoms with E-state index in [1.165, 1.54) is 18.4 Å². The molecule has 4 nitrogen and oxygen atoms in total. The Morgan fingerprint density at radius 3 is 2.89 bits per heavy atom. The summed E-state index contributed by atoms with van der Waals surface area (Å²) >= 11 is 0. The molecule has 0 bridgehead atoms. The fourth-order valence-electron chi connectivity index (χ4n) is 4.26. The first-order valence-corrected chi connectivity index (χ1v) is 10.2. The molecule has 2 atom stereocenters. The highest BCUT2D eigenvalue weighted by Gasteiger charge is 2.30.